The number of aryl methyl sites for hydroxylation is 4. The maximum atomic E-state index is 6.61. The van der Waals surface area contributed by atoms with E-state index in [1.807, 2.05) is 6.07 Å². The zero-order valence-corrected chi connectivity index (χ0v) is 16.7. The summed E-state index contributed by atoms with van der Waals surface area (Å²) < 4.78 is 13.2. The van der Waals surface area contributed by atoms with Gasteiger partial charge in [0.25, 0.3) is 0 Å². The van der Waals surface area contributed by atoms with Crippen LogP contribution in [-0.4, -0.2) is 6.79 Å². The topological polar surface area (TPSA) is 18.5 Å². The Hall–Kier alpha value is -1.99. The van der Waals surface area contributed by atoms with E-state index in [4.69, 9.17) is 9.05 Å². The fourth-order valence-corrected chi connectivity index (χ4v) is 9.17. The first kappa shape index (κ1) is 17.4. The van der Waals surface area contributed by atoms with Crippen molar-refractivity contribution in [2.45, 2.75) is 27.7 Å². The Morgan fingerprint density at radius 2 is 1.15 bits per heavy atom. The third kappa shape index (κ3) is 2.23. The Morgan fingerprint density at radius 1 is 0.654 bits per heavy atom. The molecule has 0 aliphatic carbocycles. The second-order valence-electron chi connectivity index (χ2n) is 7.25. The molecule has 0 atom stereocenters. The molecule has 3 aromatic carbocycles. The van der Waals surface area contributed by atoms with Gasteiger partial charge in [-0.3, -0.25) is 0 Å². The molecule has 0 radical (unpaired) electrons. The Morgan fingerprint density at radius 3 is 1.54 bits per heavy atom. The molecule has 1 fully saturated rings. The molecular weight excluding hydrogens is 339 g/mol. The SMILES string of the molecule is Cc1ccc(P2(c3ccccc3)(c3ccc(C)cc3C)OCO2)c(C)c1. The molecule has 26 heavy (non-hydrogen) atoms. The Labute approximate surface area is 155 Å². The van der Waals surface area contributed by atoms with Crippen LogP contribution in [0.25, 0.3) is 0 Å². The van der Waals surface area contributed by atoms with Gasteiger partial charge in [-0.05, 0) is 0 Å². The molecule has 2 nitrogen and oxygen atoms in total. The predicted octanol–water partition coefficient (Wildman–Crippen LogP) is 4.58. The summed E-state index contributed by atoms with van der Waals surface area (Å²) in [6.07, 6.45) is 0. The van der Waals surface area contributed by atoms with Gasteiger partial charge in [0.1, 0.15) is 0 Å². The van der Waals surface area contributed by atoms with Crippen molar-refractivity contribution >= 4 is 23.0 Å². The van der Waals surface area contributed by atoms with Gasteiger partial charge in [0.05, 0.1) is 0 Å². The first-order chi connectivity index (χ1) is 12.5. The number of rotatable bonds is 3. The molecule has 1 aliphatic rings. The van der Waals surface area contributed by atoms with Crippen molar-refractivity contribution in [1.29, 1.82) is 0 Å². The molecule has 0 N–H and O–H groups in total. The first-order valence-corrected chi connectivity index (χ1v) is 11.1. The van der Waals surface area contributed by atoms with Gasteiger partial charge in [0.2, 0.25) is 0 Å². The number of hydrogen-bond donors (Lipinski definition) is 0. The van der Waals surface area contributed by atoms with Gasteiger partial charge >= 0.3 is 155 Å². The van der Waals surface area contributed by atoms with E-state index in [1.54, 1.807) is 0 Å². The standard InChI is InChI=1S/C23H25O2P/c1-17-10-12-22(19(3)14-17)26(24-16-25-26,21-8-6-5-7-9-21)23-13-11-18(2)15-20(23)4/h5-15H,16H2,1-4H3. The summed E-state index contributed by atoms with van der Waals surface area (Å²) in [7, 11) is -3.36. The minimum atomic E-state index is -3.36. The zero-order valence-electron chi connectivity index (χ0n) is 15.8. The summed E-state index contributed by atoms with van der Waals surface area (Å²) in [6, 6.07) is 23.7. The van der Waals surface area contributed by atoms with Crippen molar-refractivity contribution in [2.24, 2.45) is 0 Å². The van der Waals surface area contributed by atoms with Crippen LogP contribution in [0, 0.1) is 27.7 Å². The molecule has 3 aromatic rings. The third-order valence-corrected chi connectivity index (χ3v) is 10.6. The van der Waals surface area contributed by atoms with Crippen molar-refractivity contribution in [1.82, 2.24) is 0 Å². The van der Waals surface area contributed by atoms with Crippen molar-refractivity contribution in [3.8, 4) is 0 Å². The van der Waals surface area contributed by atoms with E-state index in [0.29, 0.717) is 6.79 Å². The van der Waals surface area contributed by atoms with E-state index in [9.17, 15) is 0 Å². The molecule has 1 heterocycles. The van der Waals surface area contributed by atoms with Crippen molar-refractivity contribution < 1.29 is 9.05 Å². The summed E-state index contributed by atoms with van der Waals surface area (Å²) in [5, 5.41) is 3.47. The molecular formula is C23H25O2P. The number of benzene rings is 3. The van der Waals surface area contributed by atoms with Gasteiger partial charge < -0.3 is 0 Å². The van der Waals surface area contributed by atoms with Crippen LogP contribution in [0.4, 0.5) is 0 Å². The molecule has 134 valence electrons. The summed E-state index contributed by atoms with van der Waals surface area (Å²) in [4.78, 5) is 0. The average Bonchev–Trinajstić information content (AvgIpc) is 2.58. The van der Waals surface area contributed by atoms with E-state index in [0.717, 1.165) is 5.30 Å². The minimum absolute atomic E-state index is 0.327. The maximum absolute atomic E-state index is 6.61. The van der Waals surface area contributed by atoms with Crippen molar-refractivity contribution in [2.75, 3.05) is 6.79 Å². The van der Waals surface area contributed by atoms with Crippen molar-refractivity contribution in [3.05, 3.63) is 89.0 Å². The Bertz CT molecular complexity index is 919. The fourth-order valence-electron chi connectivity index (χ4n) is 4.27. The van der Waals surface area contributed by atoms with Gasteiger partial charge in [0.15, 0.2) is 0 Å². The second-order valence-corrected chi connectivity index (χ2v) is 11.2. The van der Waals surface area contributed by atoms with E-state index >= 15 is 0 Å². The fraction of sp³-hybridized carbons (Fsp3) is 0.217. The summed E-state index contributed by atoms with van der Waals surface area (Å²) in [5.41, 5.74) is 4.92. The van der Waals surface area contributed by atoms with Gasteiger partial charge in [0, 0.05) is 0 Å². The molecule has 1 saturated heterocycles. The summed E-state index contributed by atoms with van der Waals surface area (Å²) in [5.74, 6) is 0. The second kappa shape index (κ2) is 6.03. The van der Waals surface area contributed by atoms with E-state index < -0.39 is 7.06 Å². The molecule has 3 heteroatoms. The first-order valence-electron chi connectivity index (χ1n) is 9.00. The van der Waals surface area contributed by atoms with E-state index in [2.05, 4.69) is 88.4 Å². The third-order valence-electron chi connectivity index (χ3n) is 5.40. The van der Waals surface area contributed by atoms with Gasteiger partial charge in [-0.25, -0.2) is 0 Å². The molecule has 0 unspecified atom stereocenters. The van der Waals surface area contributed by atoms with Crippen LogP contribution >= 0.6 is 7.06 Å². The van der Waals surface area contributed by atoms with Crippen LogP contribution in [0.2, 0.25) is 0 Å². The predicted molar refractivity (Wildman–Crippen MR) is 111 cm³/mol. The van der Waals surface area contributed by atoms with Crippen LogP contribution in [0.1, 0.15) is 22.3 Å². The van der Waals surface area contributed by atoms with E-state index in [-0.39, 0.29) is 0 Å². The van der Waals surface area contributed by atoms with Gasteiger partial charge in [-0.2, -0.15) is 0 Å². The van der Waals surface area contributed by atoms with Gasteiger partial charge in [-0.15, -0.1) is 0 Å². The molecule has 0 spiro atoms. The molecule has 1 aliphatic heterocycles. The molecule has 4 rings (SSSR count). The molecule has 0 aromatic heterocycles. The molecule has 0 bridgehead atoms. The van der Waals surface area contributed by atoms with Crippen molar-refractivity contribution in [3.63, 3.8) is 0 Å². The summed E-state index contributed by atoms with van der Waals surface area (Å²) >= 11 is 0. The summed E-state index contributed by atoms with van der Waals surface area (Å²) in [6.45, 7) is 8.90. The normalized spacial score (nSPS) is 19.2. The monoisotopic (exact) mass is 364 g/mol. The average molecular weight is 364 g/mol. The van der Waals surface area contributed by atoms with Crippen LogP contribution in [0.15, 0.2) is 66.7 Å². The van der Waals surface area contributed by atoms with Gasteiger partial charge in [-0.1, -0.05) is 0 Å². The van der Waals surface area contributed by atoms with Crippen LogP contribution in [0.5, 0.6) is 0 Å². The van der Waals surface area contributed by atoms with E-state index in [1.165, 1.54) is 32.9 Å². The zero-order chi connectivity index (χ0) is 18.4. The van der Waals surface area contributed by atoms with Crippen LogP contribution < -0.4 is 15.9 Å². The number of hydrogen-bond acceptors (Lipinski definition) is 2. The van der Waals surface area contributed by atoms with Crippen LogP contribution in [-0.2, 0) is 9.05 Å². The molecule has 0 saturated carbocycles. The quantitative estimate of drug-likeness (QED) is 0.633. The van der Waals surface area contributed by atoms with Crippen LogP contribution in [0.3, 0.4) is 0 Å². The Balaban J connectivity index is 2.14. The molecule has 0 amide bonds. The Kier molecular flexibility index (Phi) is 4.04.